The first kappa shape index (κ1) is 18.8. The van der Waals surface area contributed by atoms with Crippen molar-refractivity contribution in [1.29, 1.82) is 0 Å². The Hall–Kier alpha value is -0.540. The predicted molar refractivity (Wildman–Crippen MR) is 87.1 cm³/mol. The normalized spacial score (nSPS) is 9.41. The summed E-state index contributed by atoms with van der Waals surface area (Å²) in [5, 5.41) is 2.76. The van der Waals surface area contributed by atoms with Gasteiger partial charge in [0.25, 0.3) is 0 Å². The number of thioether (sulfide) groups is 1. The molecular formula is C14H22BrNS. The molecule has 1 rings (SSSR count). The minimum atomic E-state index is 0.983. The maximum Gasteiger partial charge on any atom is 0.101 e. The van der Waals surface area contributed by atoms with Crippen molar-refractivity contribution in [2.24, 2.45) is 4.99 Å². The van der Waals surface area contributed by atoms with Crippen LogP contribution in [0.3, 0.4) is 0 Å². The summed E-state index contributed by atoms with van der Waals surface area (Å²) < 4.78 is 1.07. The number of hydrogen-bond acceptors (Lipinski definition) is 2. The first-order valence-electron chi connectivity index (χ1n) is 5.78. The molecule has 1 nitrogen and oxygen atoms in total. The zero-order chi connectivity index (χ0) is 13.7. The highest BCUT2D eigenvalue weighted by molar-refractivity contribution is 9.10. The van der Waals surface area contributed by atoms with E-state index in [1.807, 2.05) is 52.0 Å². The largest absolute Gasteiger partial charge is 0.281 e. The number of aliphatic imine (C=N–C) groups is 1. The molecule has 1 aromatic carbocycles. The molecule has 0 heterocycles. The second-order valence-corrected chi connectivity index (χ2v) is 4.20. The molecule has 0 aliphatic carbocycles. The summed E-state index contributed by atoms with van der Waals surface area (Å²) in [6.45, 7) is 11.7. The first-order chi connectivity index (χ1) is 8.27. The topological polar surface area (TPSA) is 12.4 Å². The van der Waals surface area contributed by atoms with Gasteiger partial charge in [0.1, 0.15) is 5.04 Å². The lowest BCUT2D eigenvalue weighted by atomic mass is 10.2. The monoisotopic (exact) mass is 315 g/mol. The Morgan fingerprint density at radius 2 is 1.88 bits per heavy atom. The van der Waals surface area contributed by atoms with Crippen LogP contribution in [0.4, 0.5) is 0 Å². The Morgan fingerprint density at radius 3 is 2.29 bits per heavy atom. The van der Waals surface area contributed by atoms with E-state index < -0.39 is 0 Å². The zero-order valence-corrected chi connectivity index (χ0v) is 13.7. The van der Waals surface area contributed by atoms with Crippen molar-refractivity contribution >= 4 is 32.7 Å². The highest BCUT2D eigenvalue weighted by Gasteiger charge is 2.00. The summed E-state index contributed by atoms with van der Waals surface area (Å²) in [6, 6.07) is 8.06. The molecule has 0 saturated heterocycles. The van der Waals surface area contributed by atoms with Crippen LogP contribution in [-0.4, -0.2) is 12.1 Å². The van der Waals surface area contributed by atoms with Gasteiger partial charge in [-0.3, -0.25) is 4.99 Å². The van der Waals surface area contributed by atoms with Gasteiger partial charge >= 0.3 is 0 Å². The predicted octanol–water partition coefficient (Wildman–Crippen LogP) is 5.75. The van der Waals surface area contributed by atoms with Gasteiger partial charge < -0.3 is 0 Å². The van der Waals surface area contributed by atoms with Gasteiger partial charge in [-0.2, -0.15) is 0 Å². The maximum atomic E-state index is 4.18. The molecule has 0 aliphatic heterocycles. The number of halogens is 1. The van der Waals surface area contributed by atoms with E-state index >= 15 is 0 Å². The molecular weight excluding hydrogens is 294 g/mol. The Balaban J connectivity index is 0. The summed E-state index contributed by atoms with van der Waals surface area (Å²) >= 11 is 4.95. The van der Waals surface area contributed by atoms with Crippen LogP contribution in [0.25, 0.3) is 0 Å². The van der Waals surface area contributed by atoms with E-state index in [1.54, 1.807) is 12.5 Å². The van der Waals surface area contributed by atoms with E-state index in [2.05, 4.69) is 27.5 Å². The third-order valence-electron chi connectivity index (χ3n) is 1.47. The highest BCUT2D eigenvalue weighted by Crippen LogP contribution is 2.18. The van der Waals surface area contributed by atoms with Gasteiger partial charge in [-0.1, -0.05) is 74.1 Å². The average molecular weight is 316 g/mol. The Kier molecular flexibility index (Phi) is 15.0. The summed E-state index contributed by atoms with van der Waals surface area (Å²) in [4.78, 5) is 4.18. The van der Waals surface area contributed by atoms with E-state index in [1.165, 1.54) is 11.8 Å². The van der Waals surface area contributed by atoms with Crippen LogP contribution < -0.4 is 0 Å². The smallest absolute Gasteiger partial charge is 0.101 e. The van der Waals surface area contributed by atoms with Crippen LogP contribution >= 0.6 is 27.7 Å². The number of nitrogens with zero attached hydrogens (tertiary/aromatic N) is 1. The molecule has 0 saturated carbocycles. The van der Waals surface area contributed by atoms with Gasteiger partial charge in [-0.15, -0.1) is 0 Å². The molecule has 0 fully saturated rings. The van der Waals surface area contributed by atoms with Gasteiger partial charge in [0, 0.05) is 17.1 Å². The second-order valence-electron chi connectivity index (χ2n) is 2.32. The second kappa shape index (κ2) is 13.5. The van der Waals surface area contributed by atoms with Crippen molar-refractivity contribution in [2.45, 2.75) is 27.7 Å². The molecule has 0 amide bonds. The van der Waals surface area contributed by atoms with Crippen LogP contribution in [0.5, 0.6) is 0 Å². The molecule has 0 radical (unpaired) electrons. The minimum absolute atomic E-state index is 0.983. The molecule has 0 spiro atoms. The molecule has 3 heteroatoms. The lowest BCUT2D eigenvalue weighted by Crippen LogP contribution is -1.92. The average Bonchev–Trinajstić information content (AvgIpc) is 2.40. The van der Waals surface area contributed by atoms with Crippen molar-refractivity contribution in [3.8, 4) is 0 Å². The number of benzene rings is 1. The van der Waals surface area contributed by atoms with Crippen LogP contribution in [-0.2, 0) is 0 Å². The first-order valence-corrected chi connectivity index (χ1v) is 7.45. The standard InChI is InChI=1S/C10H10BrNS.2C2H6/c1-3-13-10(12-2)8-5-4-6-9(11)7-8;2*1-2/h3-7H,1H2,2H3;2*1-2H3. The van der Waals surface area contributed by atoms with E-state index in [0.717, 1.165) is 15.1 Å². The van der Waals surface area contributed by atoms with Crippen molar-refractivity contribution in [3.63, 3.8) is 0 Å². The van der Waals surface area contributed by atoms with Crippen molar-refractivity contribution in [3.05, 3.63) is 46.3 Å². The Morgan fingerprint density at radius 1 is 1.29 bits per heavy atom. The number of hydrogen-bond donors (Lipinski definition) is 0. The van der Waals surface area contributed by atoms with Crippen LogP contribution in [0.2, 0.25) is 0 Å². The van der Waals surface area contributed by atoms with E-state index in [-0.39, 0.29) is 0 Å². The third-order valence-corrected chi connectivity index (χ3v) is 2.77. The fourth-order valence-corrected chi connectivity index (χ4v) is 1.88. The lowest BCUT2D eigenvalue weighted by Gasteiger charge is -2.02. The molecule has 0 bridgehead atoms. The zero-order valence-electron chi connectivity index (χ0n) is 11.3. The molecule has 0 aromatic heterocycles. The van der Waals surface area contributed by atoms with Crippen LogP contribution in [0.15, 0.2) is 45.7 Å². The van der Waals surface area contributed by atoms with Crippen LogP contribution in [0, 0.1) is 0 Å². The van der Waals surface area contributed by atoms with Gasteiger partial charge in [0.05, 0.1) is 0 Å². The molecule has 0 N–H and O–H groups in total. The fraction of sp³-hybridized carbons (Fsp3) is 0.357. The molecule has 1 aromatic rings. The lowest BCUT2D eigenvalue weighted by molar-refractivity contribution is 1.45. The molecule has 17 heavy (non-hydrogen) atoms. The number of rotatable bonds is 2. The summed E-state index contributed by atoms with van der Waals surface area (Å²) in [5.41, 5.74) is 1.11. The fourth-order valence-electron chi connectivity index (χ4n) is 0.950. The summed E-state index contributed by atoms with van der Waals surface area (Å²) in [5.74, 6) is 0. The highest BCUT2D eigenvalue weighted by atomic mass is 79.9. The van der Waals surface area contributed by atoms with E-state index in [9.17, 15) is 0 Å². The van der Waals surface area contributed by atoms with Gasteiger partial charge in [0.15, 0.2) is 0 Å². The van der Waals surface area contributed by atoms with Crippen LogP contribution in [0.1, 0.15) is 33.3 Å². The SMILES string of the molecule is C=CSC(=NC)c1cccc(Br)c1.CC.CC. The third kappa shape index (κ3) is 8.22. The van der Waals surface area contributed by atoms with Gasteiger partial charge in [-0.25, -0.2) is 0 Å². The minimum Gasteiger partial charge on any atom is -0.281 e. The van der Waals surface area contributed by atoms with Crippen molar-refractivity contribution in [2.75, 3.05) is 7.05 Å². The molecule has 0 atom stereocenters. The van der Waals surface area contributed by atoms with Crippen molar-refractivity contribution < 1.29 is 0 Å². The maximum absolute atomic E-state index is 4.18. The van der Waals surface area contributed by atoms with Crippen molar-refractivity contribution in [1.82, 2.24) is 0 Å². The Labute approximate surface area is 119 Å². The quantitative estimate of drug-likeness (QED) is 0.499. The van der Waals surface area contributed by atoms with E-state index in [0.29, 0.717) is 0 Å². The van der Waals surface area contributed by atoms with Gasteiger partial charge in [0.2, 0.25) is 0 Å². The van der Waals surface area contributed by atoms with E-state index in [4.69, 9.17) is 0 Å². The summed E-state index contributed by atoms with van der Waals surface area (Å²) in [7, 11) is 1.78. The summed E-state index contributed by atoms with van der Waals surface area (Å²) in [6.07, 6.45) is 0. The van der Waals surface area contributed by atoms with Gasteiger partial charge in [-0.05, 0) is 17.5 Å². The molecule has 0 aliphatic rings. The molecule has 96 valence electrons. The Bertz CT molecular complexity index is 335. The molecule has 0 unspecified atom stereocenters.